The van der Waals surface area contributed by atoms with Gasteiger partial charge in [0.15, 0.2) is 0 Å². The van der Waals surface area contributed by atoms with E-state index >= 15 is 0 Å². The van der Waals surface area contributed by atoms with Gasteiger partial charge in [-0.05, 0) is 24.7 Å². The van der Waals surface area contributed by atoms with Gasteiger partial charge in [-0.2, -0.15) is 0 Å². The van der Waals surface area contributed by atoms with Gasteiger partial charge in [-0.15, -0.1) is 0 Å². The number of hydrogen-bond donors (Lipinski definition) is 2. The monoisotopic (exact) mass is 157 g/mol. The third kappa shape index (κ3) is 1.94. The van der Waals surface area contributed by atoms with Crippen molar-refractivity contribution >= 4 is 0 Å². The Labute approximate surface area is 68.8 Å². The molecule has 0 radical (unpaired) electrons. The Hall–Kier alpha value is -0.0800. The molecule has 1 saturated carbocycles. The minimum absolute atomic E-state index is 0.0275. The highest BCUT2D eigenvalue weighted by molar-refractivity contribution is 4.85. The summed E-state index contributed by atoms with van der Waals surface area (Å²) in [5.41, 5.74) is 5.82. The molecule has 1 rings (SSSR count). The zero-order valence-corrected chi connectivity index (χ0v) is 7.46. The molecule has 66 valence electrons. The molecule has 0 aromatic heterocycles. The van der Waals surface area contributed by atoms with Crippen LogP contribution in [0.5, 0.6) is 0 Å². The van der Waals surface area contributed by atoms with Gasteiger partial charge in [0.2, 0.25) is 0 Å². The second-order valence-electron chi connectivity index (χ2n) is 4.00. The van der Waals surface area contributed by atoms with Crippen molar-refractivity contribution in [2.45, 2.75) is 45.3 Å². The fourth-order valence-corrected chi connectivity index (χ4v) is 1.49. The second kappa shape index (κ2) is 3.55. The molecule has 0 bridgehead atoms. The Bertz CT molecular complexity index is 121. The lowest BCUT2D eigenvalue weighted by atomic mass is 9.77. The van der Waals surface area contributed by atoms with Crippen LogP contribution in [-0.4, -0.2) is 17.3 Å². The first-order chi connectivity index (χ1) is 5.13. The zero-order valence-electron chi connectivity index (χ0n) is 7.46. The Morgan fingerprint density at radius 1 is 1.36 bits per heavy atom. The predicted octanol–water partition coefficient (Wildman–Crippen LogP) is 1.13. The van der Waals surface area contributed by atoms with Gasteiger partial charge in [-0.1, -0.05) is 20.3 Å². The van der Waals surface area contributed by atoms with Crippen LogP contribution in [0.2, 0.25) is 0 Å². The normalized spacial score (nSPS) is 24.8. The summed E-state index contributed by atoms with van der Waals surface area (Å²) in [5, 5.41) is 9.68. The Morgan fingerprint density at radius 2 is 1.91 bits per heavy atom. The van der Waals surface area contributed by atoms with Crippen LogP contribution in [-0.2, 0) is 0 Å². The largest absolute Gasteiger partial charge is 0.391 e. The molecule has 11 heavy (non-hydrogen) atoms. The van der Waals surface area contributed by atoms with Gasteiger partial charge in [0, 0.05) is 6.04 Å². The van der Waals surface area contributed by atoms with E-state index in [1.54, 1.807) is 0 Å². The average molecular weight is 157 g/mol. The van der Waals surface area contributed by atoms with Gasteiger partial charge in [-0.3, -0.25) is 0 Å². The number of rotatable bonds is 3. The van der Waals surface area contributed by atoms with Crippen molar-refractivity contribution in [1.82, 2.24) is 0 Å². The molecule has 1 aliphatic carbocycles. The van der Waals surface area contributed by atoms with E-state index in [-0.39, 0.29) is 12.1 Å². The van der Waals surface area contributed by atoms with Crippen LogP contribution in [0.4, 0.5) is 0 Å². The molecule has 2 heteroatoms. The van der Waals surface area contributed by atoms with Crippen molar-refractivity contribution in [3.05, 3.63) is 0 Å². The van der Waals surface area contributed by atoms with E-state index in [1.165, 1.54) is 19.3 Å². The first-order valence-electron chi connectivity index (χ1n) is 4.56. The molecular weight excluding hydrogens is 138 g/mol. The Balaban J connectivity index is 2.32. The molecule has 3 N–H and O–H groups in total. The average Bonchev–Trinajstić information content (AvgIpc) is 1.82. The molecule has 1 unspecified atom stereocenters. The maximum absolute atomic E-state index is 9.68. The molecule has 0 aliphatic heterocycles. The first kappa shape index (κ1) is 9.01. The highest BCUT2D eigenvalue weighted by Gasteiger charge is 2.30. The predicted molar refractivity (Wildman–Crippen MR) is 46.2 cm³/mol. The van der Waals surface area contributed by atoms with Crippen LogP contribution < -0.4 is 5.73 Å². The van der Waals surface area contributed by atoms with Crippen LogP contribution >= 0.6 is 0 Å². The minimum Gasteiger partial charge on any atom is -0.391 e. The van der Waals surface area contributed by atoms with Crippen molar-refractivity contribution < 1.29 is 5.11 Å². The summed E-state index contributed by atoms with van der Waals surface area (Å²) in [6.07, 6.45) is 3.35. The zero-order chi connectivity index (χ0) is 8.43. The lowest BCUT2D eigenvalue weighted by Gasteiger charge is -2.35. The number of aliphatic hydroxyl groups excluding tert-OH is 1. The molecule has 0 spiro atoms. The van der Waals surface area contributed by atoms with E-state index < -0.39 is 0 Å². The molecule has 1 fully saturated rings. The van der Waals surface area contributed by atoms with E-state index in [0.717, 1.165) is 0 Å². The van der Waals surface area contributed by atoms with Crippen LogP contribution in [0, 0.1) is 11.8 Å². The summed E-state index contributed by atoms with van der Waals surface area (Å²) in [5.74, 6) is 0.887. The summed E-state index contributed by atoms with van der Waals surface area (Å²) >= 11 is 0. The van der Waals surface area contributed by atoms with Crippen molar-refractivity contribution in [3.63, 3.8) is 0 Å². The van der Waals surface area contributed by atoms with E-state index in [0.29, 0.717) is 11.8 Å². The number of hydrogen-bond acceptors (Lipinski definition) is 2. The van der Waals surface area contributed by atoms with Crippen LogP contribution in [0.1, 0.15) is 33.1 Å². The van der Waals surface area contributed by atoms with Crippen LogP contribution in [0.3, 0.4) is 0 Å². The van der Waals surface area contributed by atoms with Gasteiger partial charge in [-0.25, -0.2) is 0 Å². The smallest absolute Gasteiger partial charge is 0.0721 e. The summed E-state index contributed by atoms with van der Waals surface area (Å²) in [6, 6.07) is -0.0275. The molecule has 2 nitrogen and oxygen atoms in total. The van der Waals surface area contributed by atoms with E-state index in [9.17, 15) is 5.11 Å². The summed E-state index contributed by atoms with van der Waals surface area (Å²) < 4.78 is 0. The number of nitrogens with two attached hydrogens (primary N) is 1. The van der Waals surface area contributed by atoms with Gasteiger partial charge < -0.3 is 10.8 Å². The topological polar surface area (TPSA) is 46.2 Å². The molecule has 2 atom stereocenters. The van der Waals surface area contributed by atoms with Crippen LogP contribution in [0.15, 0.2) is 0 Å². The standard InChI is InChI=1S/C9H19NO/c1-6(2)8(10)9(11)7-4-3-5-7/h6-9,11H,3-5,10H2,1-2H3/t8-,9?/m1/s1. The first-order valence-corrected chi connectivity index (χ1v) is 4.56. The molecule has 1 aliphatic rings. The molecule has 0 saturated heterocycles. The maximum atomic E-state index is 9.68. The van der Waals surface area contributed by atoms with Gasteiger partial charge in [0.05, 0.1) is 6.10 Å². The van der Waals surface area contributed by atoms with E-state index in [1.807, 2.05) is 0 Å². The highest BCUT2D eigenvalue weighted by atomic mass is 16.3. The van der Waals surface area contributed by atoms with Gasteiger partial charge in [0.1, 0.15) is 0 Å². The second-order valence-corrected chi connectivity index (χ2v) is 4.00. The Morgan fingerprint density at radius 3 is 2.18 bits per heavy atom. The third-order valence-electron chi connectivity index (χ3n) is 2.80. The van der Waals surface area contributed by atoms with Gasteiger partial charge in [0.25, 0.3) is 0 Å². The SMILES string of the molecule is CC(C)[C@@H](N)C(O)C1CCC1. The maximum Gasteiger partial charge on any atom is 0.0721 e. The molecule has 0 aromatic rings. The van der Waals surface area contributed by atoms with Crippen molar-refractivity contribution in [2.75, 3.05) is 0 Å². The Kier molecular flexibility index (Phi) is 2.90. The van der Waals surface area contributed by atoms with Crippen LogP contribution in [0.25, 0.3) is 0 Å². The molecule has 0 heterocycles. The third-order valence-corrected chi connectivity index (χ3v) is 2.80. The molecular formula is C9H19NO. The van der Waals surface area contributed by atoms with E-state index in [4.69, 9.17) is 5.73 Å². The highest BCUT2D eigenvalue weighted by Crippen LogP contribution is 2.31. The quantitative estimate of drug-likeness (QED) is 0.645. The summed E-state index contributed by atoms with van der Waals surface area (Å²) in [6.45, 7) is 4.12. The minimum atomic E-state index is -0.260. The van der Waals surface area contributed by atoms with Crippen molar-refractivity contribution in [1.29, 1.82) is 0 Å². The fraction of sp³-hybridized carbons (Fsp3) is 1.00. The van der Waals surface area contributed by atoms with Crippen molar-refractivity contribution in [2.24, 2.45) is 17.6 Å². The lowest BCUT2D eigenvalue weighted by molar-refractivity contribution is 0.0297. The van der Waals surface area contributed by atoms with Gasteiger partial charge >= 0.3 is 0 Å². The fourth-order valence-electron chi connectivity index (χ4n) is 1.49. The summed E-state index contributed by atoms with van der Waals surface area (Å²) in [7, 11) is 0. The molecule has 0 amide bonds. The van der Waals surface area contributed by atoms with Crippen molar-refractivity contribution in [3.8, 4) is 0 Å². The van der Waals surface area contributed by atoms with E-state index in [2.05, 4.69) is 13.8 Å². The lowest BCUT2D eigenvalue weighted by Crippen LogP contribution is -2.45. The molecule has 0 aromatic carbocycles. The summed E-state index contributed by atoms with van der Waals surface area (Å²) in [4.78, 5) is 0. The number of aliphatic hydroxyl groups is 1.